The zero-order valence-corrected chi connectivity index (χ0v) is 11.6. The number of nitrogens with zero attached hydrogens (tertiary/aromatic N) is 1. The molecule has 4 heteroatoms. The summed E-state index contributed by atoms with van der Waals surface area (Å²) >= 11 is 5.25. The molecule has 17 heavy (non-hydrogen) atoms. The van der Waals surface area contributed by atoms with E-state index in [-0.39, 0.29) is 0 Å². The van der Waals surface area contributed by atoms with Crippen molar-refractivity contribution >= 4 is 12.2 Å². The van der Waals surface area contributed by atoms with Gasteiger partial charge in [0.15, 0.2) is 0 Å². The molecular formula is C13H20N2OS. The summed E-state index contributed by atoms with van der Waals surface area (Å²) in [6, 6.07) is 2.00. The van der Waals surface area contributed by atoms with E-state index in [0.717, 1.165) is 5.82 Å². The fraction of sp³-hybridized carbons (Fsp3) is 0.692. The zero-order valence-electron chi connectivity index (χ0n) is 10.7. The molecule has 3 nitrogen and oxygen atoms in total. The van der Waals surface area contributed by atoms with Crippen molar-refractivity contribution in [3.05, 3.63) is 22.2 Å². The predicted octanol–water partition coefficient (Wildman–Crippen LogP) is 3.68. The van der Waals surface area contributed by atoms with Crippen LogP contribution in [0.2, 0.25) is 0 Å². The lowest BCUT2D eigenvalue weighted by molar-refractivity contribution is 0.0111. The number of ether oxygens (including phenoxy) is 1. The first-order valence-electron chi connectivity index (χ1n) is 6.20. The molecule has 0 amide bonds. The normalized spacial score (nSPS) is 17.6. The molecule has 1 N–H and O–H groups in total. The highest BCUT2D eigenvalue weighted by molar-refractivity contribution is 7.71. The van der Waals surface area contributed by atoms with Gasteiger partial charge in [0.05, 0.1) is 0 Å². The van der Waals surface area contributed by atoms with E-state index in [4.69, 9.17) is 17.0 Å². The first-order chi connectivity index (χ1) is 8.03. The number of aromatic amines is 1. The second-order valence-electron chi connectivity index (χ2n) is 5.22. The molecule has 0 aliphatic heterocycles. The predicted molar refractivity (Wildman–Crippen MR) is 70.7 cm³/mol. The van der Waals surface area contributed by atoms with Gasteiger partial charge in [-0.15, -0.1) is 0 Å². The Morgan fingerprint density at radius 3 is 2.65 bits per heavy atom. The molecule has 1 heterocycles. The molecule has 1 saturated carbocycles. The Morgan fingerprint density at radius 1 is 1.41 bits per heavy atom. The molecule has 1 aromatic heterocycles. The maximum absolute atomic E-state index is 5.46. The van der Waals surface area contributed by atoms with Crippen molar-refractivity contribution < 1.29 is 4.74 Å². The Labute approximate surface area is 108 Å². The fourth-order valence-electron chi connectivity index (χ4n) is 2.31. The van der Waals surface area contributed by atoms with Crippen LogP contribution in [-0.4, -0.2) is 17.1 Å². The van der Waals surface area contributed by atoms with Crippen LogP contribution >= 0.6 is 12.2 Å². The number of H-pyrrole nitrogens is 1. The zero-order chi connectivity index (χ0) is 12.5. The van der Waals surface area contributed by atoms with Gasteiger partial charge >= 0.3 is 0 Å². The number of hydrogen-bond acceptors (Lipinski definition) is 3. The van der Waals surface area contributed by atoms with Gasteiger partial charge in [0.2, 0.25) is 0 Å². The van der Waals surface area contributed by atoms with Crippen LogP contribution in [-0.2, 0) is 10.3 Å². The van der Waals surface area contributed by atoms with Gasteiger partial charge in [-0.2, -0.15) is 0 Å². The number of methoxy groups -OCH3 is 1. The van der Waals surface area contributed by atoms with E-state index in [2.05, 4.69) is 9.97 Å². The van der Waals surface area contributed by atoms with Gasteiger partial charge in [0, 0.05) is 12.8 Å². The van der Waals surface area contributed by atoms with E-state index in [1.165, 1.54) is 31.4 Å². The minimum absolute atomic E-state index is 0.415. The molecule has 0 spiro atoms. The van der Waals surface area contributed by atoms with Crippen LogP contribution in [0.4, 0.5) is 0 Å². The van der Waals surface area contributed by atoms with Gasteiger partial charge < -0.3 is 9.72 Å². The molecule has 0 bridgehead atoms. The summed E-state index contributed by atoms with van der Waals surface area (Å²) in [5.41, 5.74) is 0.810. The Balaban J connectivity index is 2.38. The van der Waals surface area contributed by atoms with E-state index < -0.39 is 5.60 Å². The van der Waals surface area contributed by atoms with Gasteiger partial charge in [-0.05, 0) is 38.7 Å². The SMILES string of the molecule is COC(C)(C)c1nc(=S)cc(C2CCCC2)[nH]1. The fourth-order valence-corrected chi connectivity index (χ4v) is 2.53. The molecule has 0 aromatic carbocycles. The molecule has 94 valence electrons. The van der Waals surface area contributed by atoms with Crippen molar-refractivity contribution in [2.24, 2.45) is 0 Å². The van der Waals surface area contributed by atoms with Crippen molar-refractivity contribution in [3.8, 4) is 0 Å². The third kappa shape index (κ3) is 2.75. The molecule has 0 unspecified atom stereocenters. The largest absolute Gasteiger partial charge is 0.371 e. The smallest absolute Gasteiger partial charge is 0.139 e. The summed E-state index contributed by atoms with van der Waals surface area (Å²) in [5.74, 6) is 1.44. The first-order valence-corrected chi connectivity index (χ1v) is 6.60. The van der Waals surface area contributed by atoms with Crippen molar-refractivity contribution in [1.82, 2.24) is 9.97 Å². The van der Waals surface area contributed by atoms with Gasteiger partial charge in [-0.3, -0.25) is 0 Å². The Hall–Kier alpha value is -0.740. The molecule has 1 aliphatic carbocycles. The van der Waals surface area contributed by atoms with Crippen LogP contribution in [0, 0.1) is 4.64 Å². The highest BCUT2D eigenvalue weighted by atomic mass is 32.1. The molecule has 1 aromatic rings. The standard InChI is InChI=1S/C13H20N2OS/c1-13(2,16-3)12-14-10(8-11(17)15-12)9-6-4-5-7-9/h8-9H,4-7H2,1-3H3,(H,14,15,17). The Kier molecular flexibility index (Phi) is 3.64. The quantitative estimate of drug-likeness (QED) is 0.834. The van der Waals surface area contributed by atoms with Gasteiger partial charge in [-0.1, -0.05) is 25.1 Å². The van der Waals surface area contributed by atoms with E-state index in [1.54, 1.807) is 7.11 Å². The van der Waals surface area contributed by atoms with E-state index in [1.807, 2.05) is 19.9 Å². The third-order valence-electron chi connectivity index (χ3n) is 3.64. The van der Waals surface area contributed by atoms with Crippen molar-refractivity contribution in [1.29, 1.82) is 0 Å². The van der Waals surface area contributed by atoms with Crippen LogP contribution in [0.25, 0.3) is 0 Å². The highest BCUT2D eigenvalue weighted by Gasteiger charge is 2.25. The average molecular weight is 252 g/mol. The average Bonchev–Trinajstić information content (AvgIpc) is 2.81. The topological polar surface area (TPSA) is 37.9 Å². The number of aromatic nitrogens is 2. The number of nitrogens with one attached hydrogen (secondary N) is 1. The van der Waals surface area contributed by atoms with Crippen LogP contribution in [0.3, 0.4) is 0 Å². The Morgan fingerprint density at radius 2 is 2.06 bits per heavy atom. The lowest BCUT2D eigenvalue weighted by atomic mass is 10.0. The van der Waals surface area contributed by atoms with Crippen LogP contribution in [0.1, 0.15) is 57.0 Å². The van der Waals surface area contributed by atoms with Crippen LogP contribution in [0.5, 0.6) is 0 Å². The second-order valence-corrected chi connectivity index (χ2v) is 5.64. The number of hydrogen-bond donors (Lipinski definition) is 1. The molecule has 0 atom stereocenters. The monoisotopic (exact) mass is 252 g/mol. The molecule has 1 fully saturated rings. The Bertz CT molecular complexity index is 447. The summed E-state index contributed by atoms with van der Waals surface area (Å²) in [4.78, 5) is 7.80. The lowest BCUT2D eigenvalue weighted by Gasteiger charge is -2.23. The van der Waals surface area contributed by atoms with Gasteiger partial charge in [0.1, 0.15) is 16.1 Å². The highest BCUT2D eigenvalue weighted by Crippen LogP contribution is 2.33. The maximum Gasteiger partial charge on any atom is 0.139 e. The van der Waals surface area contributed by atoms with Crippen LogP contribution in [0.15, 0.2) is 6.07 Å². The molecule has 0 saturated heterocycles. The summed E-state index contributed by atoms with van der Waals surface area (Å²) in [7, 11) is 1.70. The first kappa shape index (κ1) is 12.7. The molecule has 2 rings (SSSR count). The summed E-state index contributed by atoms with van der Waals surface area (Å²) in [5, 5.41) is 0. The van der Waals surface area contributed by atoms with E-state index in [0.29, 0.717) is 10.6 Å². The van der Waals surface area contributed by atoms with E-state index in [9.17, 15) is 0 Å². The van der Waals surface area contributed by atoms with Gasteiger partial charge in [0.25, 0.3) is 0 Å². The molecule has 1 aliphatic rings. The summed E-state index contributed by atoms with van der Waals surface area (Å²) in [6.07, 6.45) is 5.14. The maximum atomic E-state index is 5.46. The molecule has 0 radical (unpaired) electrons. The number of rotatable bonds is 3. The lowest BCUT2D eigenvalue weighted by Crippen LogP contribution is -2.24. The van der Waals surface area contributed by atoms with Crippen molar-refractivity contribution in [2.45, 2.75) is 51.0 Å². The second kappa shape index (κ2) is 4.86. The van der Waals surface area contributed by atoms with Crippen LogP contribution < -0.4 is 0 Å². The molecular weight excluding hydrogens is 232 g/mol. The van der Waals surface area contributed by atoms with Crippen molar-refractivity contribution in [3.63, 3.8) is 0 Å². The van der Waals surface area contributed by atoms with Gasteiger partial charge in [-0.25, -0.2) is 4.98 Å². The minimum Gasteiger partial charge on any atom is -0.371 e. The minimum atomic E-state index is -0.415. The third-order valence-corrected chi connectivity index (χ3v) is 3.85. The van der Waals surface area contributed by atoms with Crippen molar-refractivity contribution in [2.75, 3.05) is 7.11 Å². The summed E-state index contributed by atoms with van der Waals surface area (Å²) in [6.45, 7) is 4.00. The summed E-state index contributed by atoms with van der Waals surface area (Å²) < 4.78 is 6.11. The van der Waals surface area contributed by atoms with E-state index >= 15 is 0 Å².